The van der Waals surface area contributed by atoms with Gasteiger partial charge in [0.1, 0.15) is 5.58 Å². The third-order valence-electron chi connectivity index (χ3n) is 11.8. The fraction of sp³-hybridized carbons (Fsp3) is 0.155. The molecule has 0 bridgehead atoms. The Hall–Kier alpha value is -6.90. The van der Waals surface area contributed by atoms with Crippen LogP contribution in [0, 0.1) is 23.5 Å². The van der Waals surface area contributed by atoms with E-state index in [2.05, 4.69) is 165 Å². The first-order valence-corrected chi connectivity index (χ1v) is 21.6. The van der Waals surface area contributed by atoms with Gasteiger partial charge in [0.25, 0.3) is 0 Å². The minimum absolute atomic E-state index is 0. The largest absolute Gasteiger partial charge is 0.501 e. The molecule has 7 aromatic carbocycles. The molecule has 0 atom stereocenters. The molecule has 0 aliphatic heterocycles. The van der Waals surface area contributed by atoms with Crippen LogP contribution in [-0.2, 0) is 25.5 Å². The van der Waals surface area contributed by atoms with E-state index in [0.717, 1.165) is 61.2 Å². The number of nitriles is 1. The van der Waals surface area contributed by atoms with Crippen LogP contribution >= 0.6 is 0 Å². The maximum atomic E-state index is 9.06. The third kappa shape index (κ3) is 8.46. The van der Waals surface area contributed by atoms with Gasteiger partial charge < -0.3 is 14.0 Å². The number of aromatic nitrogens is 3. The second-order valence-electron chi connectivity index (χ2n) is 17.2. The summed E-state index contributed by atoms with van der Waals surface area (Å²) in [6.07, 6.45) is 1.76. The number of fused-ring (bicyclic) bond motifs is 4. The molecule has 10 aromatic rings. The summed E-state index contributed by atoms with van der Waals surface area (Å²) in [5, 5.41) is 11.2. The van der Waals surface area contributed by atoms with Gasteiger partial charge in [-0.15, -0.1) is 53.6 Å². The summed E-state index contributed by atoms with van der Waals surface area (Å²) in [5.41, 5.74) is 15.6. The monoisotopic (exact) mass is 1010 g/mol. The fourth-order valence-corrected chi connectivity index (χ4v) is 8.31. The van der Waals surface area contributed by atoms with Crippen molar-refractivity contribution in [2.75, 3.05) is 0 Å². The molecule has 0 fully saturated rings. The number of benzene rings is 7. The van der Waals surface area contributed by atoms with Crippen LogP contribution in [0.15, 0.2) is 174 Å². The molecule has 0 spiro atoms. The summed E-state index contributed by atoms with van der Waals surface area (Å²) in [7, 11) is 0. The molecule has 0 aliphatic carbocycles. The minimum Gasteiger partial charge on any atom is -0.501 e. The molecule has 0 amide bonds. The van der Waals surface area contributed by atoms with Crippen LogP contribution in [0.5, 0.6) is 0 Å². The summed E-state index contributed by atoms with van der Waals surface area (Å²) in [5.74, 6) is 1.39. The molecular formula is C58H48IrN4O-2. The van der Waals surface area contributed by atoms with E-state index in [-0.39, 0.29) is 31.9 Å². The first-order chi connectivity index (χ1) is 30.6. The van der Waals surface area contributed by atoms with Gasteiger partial charge in [-0.3, -0.25) is 4.98 Å². The van der Waals surface area contributed by atoms with Crippen LogP contribution in [0.1, 0.15) is 70.1 Å². The van der Waals surface area contributed by atoms with Crippen LogP contribution < -0.4 is 0 Å². The van der Waals surface area contributed by atoms with Gasteiger partial charge in [-0.05, 0) is 87.3 Å². The molecule has 0 unspecified atom stereocenters. The molecule has 3 aromatic heterocycles. The van der Waals surface area contributed by atoms with Gasteiger partial charge in [-0.25, -0.2) is 0 Å². The fourth-order valence-electron chi connectivity index (χ4n) is 8.31. The zero-order chi connectivity index (χ0) is 43.7. The molecule has 1 radical (unpaired) electrons. The van der Waals surface area contributed by atoms with Crippen LogP contribution in [0.2, 0.25) is 0 Å². The Balaban J connectivity index is 0.000000262. The predicted octanol–water partition coefficient (Wildman–Crippen LogP) is 15.3. The van der Waals surface area contributed by atoms with Crippen molar-refractivity contribution >= 4 is 33.0 Å². The first-order valence-electron chi connectivity index (χ1n) is 21.6. The minimum atomic E-state index is -0.473. The van der Waals surface area contributed by atoms with Crippen molar-refractivity contribution in [1.29, 1.82) is 5.26 Å². The summed E-state index contributed by atoms with van der Waals surface area (Å²) >= 11 is 0. The van der Waals surface area contributed by atoms with Crippen LogP contribution in [0.4, 0.5) is 0 Å². The topological polar surface area (TPSA) is 67.6 Å². The summed E-state index contributed by atoms with van der Waals surface area (Å²) in [4.78, 5) is 9.54. The number of nitrogens with zero attached hydrogens (tertiary/aromatic N) is 4. The van der Waals surface area contributed by atoms with Crippen molar-refractivity contribution in [3.63, 3.8) is 0 Å². The van der Waals surface area contributed by atoms with Gasteiger partial charge in [0.2, 0.25) is 0 Å². The van der Waals surface area contributed by atoms with E-state index in [1.807, 2.05) is 68.4 Å². The summed E-state index contributed by atoms with van der Waals surface area (Å²) in [6, 6.07) is 65.6. The number of hydrogen-bond acceptors (Lipinski definition) is 4. The Morgan fingerprint density at radius 2 is 1.30 bits per heavy atom. The van der Waals surface area contributed by atoms with Crippen molar-refractivity contribution < 1.29 is 24.5 Å². The number of hydrogen-bond donors (Lipinski definition) is 0. The van der Waals surface area contributed by atoms with E-state index in [9.17, 15) is 0 Å². The van der Waals surface area contributed by atoms with E-state index in [1.54, 1.807) is 6.20 Å². The zero-order valence-electron chi connectivity index (χ0n) is 36.9. The second-order valence-corrected chi connectivity index (χ2v) is 17.2. The molecule has 317 valence electrons. The van der Waals surface area contributed by atoms with Crippen LogP contribution in [-0.4, -0.2) is 14.5 Å². The SMILES string of the molecule is CC(C)(C#N)c1c[c-]c(-c2ccccn2)cc1.CC(C)c1cc(-c2ccc(-c3ccccc3)cc2)cc(C(C)C)c1-n1c(-c2[c-]ccc3c2oc2ccccc23)nc2ccccc21.[Ir]. The zero-order valence-corrected chi connectivity index (χ0v) is 39.2. The van der Waals surface area contributed by atoms with Gasteiger partial charge >= 0.3 is 0 Å². The summed E-state index contributed by atoms with van der Waals surface area (Å²) < 4.78 is 8.88. The molecule has 0 saturated carbocycles. The number of para-hydroxylation sites is 3. The number of imidazole rings is 1. The molecule has 6 heteroatoms. The van der Waals surface area contributed by atoms with Gasteiger partial charge in [0, 0.05) is 42.8 Å². The van der Waals surface area contributed by atoms with Gasteiger partial charge in [-0.2, -0.15) is 5.26 Å². The van der Waals surface area contributed by atoms with Gasteiger partial charge in [0.05, 0.1) is 28.5 Å². The van der Waals surface area contributed by atoms with Crippen LogP contribution in [0.3, 0.4) is 0 Å². The molecule has 0 aliphatic rings. The average molecular weight is 1010 g/mol. The predicted molar refractivity (Wildman–Crippen MR) is 259 cm³/mol. The van der Waals surface area contributed by atoms with Gasteiger partial charge in [0.15, 0.2) is 0 Å². The maximum absolute atomic E-state index is 9.06. The van der Waals surface area contributed by atoms with Crippen molar-refractivity contribution in [3.8, 4) is 56.7 Å². The van der Waals surface area contributed by atoms with Crippen molar-refractivity contribution in [1.82, 2.24) is 14.5 Å². The van der Waals surface area contributed by atoms with E-state index in [1.165, 1.54) is 39.1 Å². The first kappa shape index (κ1) is 43.7. The molecule has 0 N–H and O–H groups in total. The van der Waals surface area contributed by atoms with Gasteiger partial charge in [-0.1, -0.05) is 150 Å². The van der Waals surface area contributed by atoms with Crippen molar-refractivity contribution in [3.05, 3.63) is 199 Å². The molecule has 64 heavy (non-hydrogen) atoms. The number of rotatable bonds is 8. The Morgan fingerprint density at radius 3 is 1.95 bits per heavy atom. The average Bonchev–Trinajstić information content (AvgIpc) is 3.91. The Morgan fingerprint density at radius 1 is 0.656 bits per heavy atom. The van der Waals surface area contributed by atoms with E-state index in [4.69, 9.17) is 14.7 Å². The smallest absolute Gasteiger partial charge is 0.120 e. The van der Waals surface area contributed by atoms with Crippen molar-refractivity contribution in [2.24, 2.45) is 0 Å². The standard InChI is InChI=1S/C43H35N2O.C15H13N2.Ir/c1-27(2)36-25-32(31-23-21-30(22-24-31)29-13-6-5-7-14-29)26-37(28(3)4)41(36)45-39-19-10-9-18-38(39)44-43(45)35-17-12-16-34-33-15-8-11-20-40(33)46-42(34)35;1-15(2,11-16)13-8-6-12(7-9-13)14-5-3-4-10-17-14;/h5-16,18-28H,1-4H3;3-6,8-10H,1-2H3;/q2*-1;. The molecule has 10 rings (SSSR count). The number of furan rings is 1. The Kier molecular flexibility index (Phi) is 12.6. The van der Waals surface area contributed by atoms with E-state index >= 15 is 0 Å². The molecular weight excluding hydrogens is 961 g/mol. The Labute approximate surface area is 389 Å². The molecule has 5 nitrogen and oxygen atoms in total. The molecule has 0 saturated heterocycles. The second kappa shape index (κ2) is 18.4. The maximum Gasteiger partial charge on any atom is 0.120 e. The van der Waals surface area contributed by atoms with Crippen LogP contribution in [0.25, 0.3) is 83.6 Å². The quantitative estimate of drug-likeness (QED) is 0.142. The summed E-state index contributed by atoms with van der Waals surface area (Å²) in [6.45, 7) is 13.0. The van der Waals surface area contributed by atoms with Crippen molar-refractivity contribution in [2.45, 2.75) is 58.8 Å². The van der Waals surface area contributed by atoms with E-state index in [0.29, 0.717) is 0 Å². The third-order valence-corrected chi connectivity index (χ3v) is 11.8. The number of pyridine rings is 1. The normalized spacial score (nSPS) is 11.4. The van der Waals surface area contributed by atoms with E-state index < -0.39 is 5.41 Å². The molecule has 3 heterocycles. The Bertz CT molecular complexity index is 3220.